The van der Waals surface area contributed by atoms with Crippen molar-refractivity contribution in [2.45, 2.75) is 24.9 Å². The zero-order chi connectivity index (χ0) is 9.31. The van der Waals surface area contributed by atoms with Crippen LogP contribution in [0.2, 0.25) is 0 Å². The lowest BCUT2D eigenvalue weighted by Crippen LogP contribution is -2.36. The summed E-state index contributed by atoms with van der Waals surface area (Å²) in [7, 11) is 2.10. The molecular formula is C9H15N3S. The van der Waals surface area contributed by atoms with Crippen molar-refractivity contribution in [3.8, 4) is 0 Å². The predicted molar refractivity (Wildman–Crippen MR) is 54.6 cm³/mol. The molecule has 0 aromatic carbocycles. The fourth-order valence-corrected chi connectivity index (χ4v) is 2.05. The lowest BCUT2D eigenvalue weighted by Gasteiger charge is -2.19. The number of hydrogen-bond donors (Lipinski definition) is 1. The molecule has 0 amide bonds. The van der Waals surface area contributed by atoms with Gasteiger partial charge in [-0.15, -0.1) is 11.3 Å². The molecule has 1 saturated carbocycles. The Hall–Kier alpha value is -0.450. The maximum atomic E-state index is 6.02. The molecular weight excluding hydrogens is 182 g/mol. The van der Waals surface area contributed by atoms with Gasteiger partial charge in [0, 0.05) is 24.0 Å². The summed E-state index contributed by atoms with van der Waals surface area (Å²) in [5, 5.41) is 2.09. The lowest BCUT2D eigenvalue weighted by atomic mass is 10.2. The number of likely N-dealkylation sites (N-methyl/N-ethyl adjacent to an activating group) is 1. The molecule has 0 unspecified atom stereocenters. The SMILES string of the molecule is CN(Cc1cscn1)CC1(N)CC1. The third-order valence-electron chi connectivity index (χ3n) is 2.39. The Morgan fingerprint density at radius 1 is 1.69 bits per heavy atom. The van der Waals surface area contributed by atoms with E-state index in [1.54, 1.807) is 11.3 Å². The molecule has 0 aliphatic heterocycles. The molecule has 1 fully saturated rings. The molecule has 1 aliphatic rings. The highest BCUT2D eigenvalue weighted by molar-refractivity contribution is 7.07. The molecule has 1 aromatic rings. The summed E-state index contributed by atoms with van der Waals surface area (Å²) in [6.07, 6.45) is 2.35. The van der Waals surface area contributed by atoms with E-state index in [4.69, 9.17) is 5.73 Å². The second kappa shape index (κ2) is 3.36. The summed E-state index contributed by atoms with van der Waals surface area (Å²) < 4.78 is 0. The van der Waals surface area contributed by atoms with Crippen LogP contribution in [0.5, 0.6) is 0 Å². The first kappa shape index (κ1) is 9.12. The maximum absolute atomic E-state index is 6.02. The molecule has 0 saturated heterocycles. The van der Waals surface area contributed by atoms with Gasteiger partial charge in [-0.1, -0.05) is 0 Å². The summed E-state index contributed by atoms with van der Waals surface area (Å²) in [5.41, 5.74) is 9.16. The molecule has 72 valence electrons. The average Bonchev–Trinajstić information content (AvgIpc) is 2.61. The van der Waals surface area contributed by atoms with Gasteiger partial charge in [0.15, 0.2) is 0 Å². The van der Waals surface area contributed by atoms with Gasteiger partial charge in [0.1, 0.15) is 0 Å². The van der Waals surface area contributed by atoms with Gasteiger partial charge >= 0.3 is 0 Å². The summed E-state index contributed by atoms with van der Waals surface area (Å²) in [4.78, 5) is 6.49. The first-order chi connectivity index (χ1) is 6.18. The number of rotatable bonds is 4. The monoisotopic (exact) mass is 197 g/mol. The normalized spacial score (nSPS) is 19.3. The third-order valence-corrected chi connectivity index (χ3v) is 3.03. The van der Waals surface area contributed by atoms with Crippen molar-refractivity contribution in [2.75, 3.05) is 13.6 Å². The van der Waals surface area contributed by atoms with Crippen molar-refractivity contribution < 1.29 is 0 Å². The molecule has 0 spiro atoms. The second-order valence-corrected chi connectivity index (χ2v) is 4.73. The molecule has 1 aromatic heterocycles. The number of aromatic nitrogens is 1. The van der Waals surface area contributed by atoms with Crippen molar-refractivity contribution in [1.82, 2.24) is 9.88 Å². The Labute approximate surface area is 82.6 Å². The van der Waals surface area contributed by atoms with Crippen LogP contribution in [0.25, 0.3) is 0 Å². The van der Waals surface area contributed by atoms with E-state index in [1.807, 2.05) is 5.51 Å². The van der Waals surface area contributed by atoms with E-state index in [9.17, 15) is 0 Å². The fraction of sp³-hybridized carbons (Fsp3) is 0.667. The number of hydrogen-bond acceptors (Lipinski definition) is 4. The molecule has 2 rings (SSSR count). The quantitative estimate of drug-likeness (QED) is 0.785. The first-order valence-corrected chi connectivity index (χ1v) is 5.47. The Kier molecular flexibility index (Phi) is 2.36. The van der Waals surface area contributed by atoms with Crippen molar-refractivity contribution in [2.24, 2.45) is 5.73 Å². The topological polar surface area (TPSA) is 42.2 Å². The van der Waals surface area contributed by atoms with Crippen LogP contribution in [0.15, 0.2) is 10.9 Å². The van der Waals surface area contributed by atoms with Crippen molar-refractivity contribution >= 4 is 11.3 Å². The van der Waals surface area contributed by atoms with Crippen molar-refractivity contribution in [3.05, 3.63) is 16.6 Å². The standard InChI is InChI=1S/C9H15N3S/c1-12(6-9(10)2-3-9)4-8-5-13-7-11-8/h5,7H,2-4,6,10H2,1H3. The minimum absolute atomic E-state index is 0.116. The van der Waals surface area contributed by atoms with Gasteiger partial charge in [-0.2, -0.15) is 0 Å². The van der Waals surface area contributed by atoms with Gasteiger partial charge < -0.3 is 5.73 Å². The Morgan fingerprint density at radius 2 is 2.46 bits per heavy atom. The summed E-state index contributed by atoms with van der Waals surface area (Å²) >= 11 is 1.65. The van der Waals surface area contributed by atoms with Gasteiger partial charge in [0.05, 0.1) is 11.2 Å². The van der Waals surface area contributed by atoms with Crippen LogP contribution in [0.4, 0.5) is 0 Å². The summed E-state index contributed by atoms with van der Waals surface area (Å²) in [6.45, 7) is 1.91. The third kappa shape index (κ3) is 2.49. The van der Waals surface area contributed by atoms with Crippen LogP contribution in [-0.2, 0) is 6.54 Å². The highest BCUT2D eigenvalue weighted by Gasteiger charge is 2.38. The zero-order valence-electron chi connectivity index (χ0n) is 7.86. The number of nitrogens with zero attached hydrogens (tertiary/aromatic N) is 2. The highest BCUT2D eigenvalue weighted by atomic mass is 32.1. The van der Waals surface area contributed by atoms with Gasteiger partial charge in [-0.25, -0.2) is 4.98 Å². The van der Waals surface area contributed by atoms with Crippen molar-refractivity contribution in [3.63, 3.8) is 0 Å². The van der Waals surface area contributed by atoms with E-state index in [0.717, 1.165) is 18.8 Å². The van der Waals surface area contributed by atoms with Crippen LogP contribution in [-0.4, -0.2) is 29.0 Å². The molecule has 0 radical (unpaired) electrons. The van der Waals surface area contributed by atoms with Gasteiger partial charge in [0.25, 0.3) is 0 Å². The minimum Gasteiger partial charge on any atom is -0.324 e. The van der Waals surface area contributed by atoms with Crippen LogP contribution in [0.3, 0.4) is 0 Å². The van der Waals surface area contributed by atoms with E-state index < -0.39 is 0 Å². The van der Waals surface area contributed by atoms with E-state index in [1.165, 1.54) is 12.8 Å². The molecule has 1 heterocycles. The Morgan fingerprint density at radius 3 is 3.00 bits per heavy atom. The van der Waals surface area contributed by atoms with Crippen LogP contribution in [0.1, 0.15) is 18.5 Å². The van der Waals surface area contributed by atoms with Gasteiger partial charge in [-0.05, 0) is 19.9 Å². The first-order valence-electron chi connectivity index (χ1n) is 4.52. The van der Waals surface area contributed by atoms with E-state index in [0.29, 0.717) is 0 Å². The predicted octanol–water partition coefficient (Wildman–Crippen LogP) is 1.07. The molecule has 4 heteroatoms. The zero-order valence-corrected chi connectivity index (χ0v) is 8.68. The number of nitrogens with two attached hydrogens (primary N) is 1. The molecule has 0 bridgehead atoms. The van der Waals surface area contributed by atoms with Crippen LogP contribution < -0.4 is 5.73 Å². The van der Waals surface area contributed by atoms with E-state index in [2.05, 4.69) is 22.3 Å². The Bertz CT molecular complexity index is 266. The van der Waals surface area contributed by atoms with E-state index in [-0.39, 0.29) is 5.54 Å². The fourth-order valence-electron chi connectivity index (χ4n) is 1.50. The number of thiazole rings is 1. The molecule has 0 atom stereocenters. The molecule has 1 aliphatic carbocycles. The second-order valence-electron chi connectivity index (χ2n) is 4.01. The lowest BCUT2D eigenvalue weighted by molar-refractivity contribution is 0.293. The average molecular weight is 197 g/mol. The minimum atomic E-state index is 0.116. The molecule has 2 N–H and O–H groups in total. The smallest absolute Gasteiger partial charge is 0.0795 e. The largest absolute Gasteiger partial charge is 0.324 e. The van der Waals surface area contributed by atoms with E-state index >= 15 is 0 Å². The van der Waals surface area contributed by atoms with Gasteiger partial charge in [0.2, 0.25) is 0 Å². The molecule has 3 nitrogen and oxygen atoms in total. The van der Waals surface area contributed by atoms with Crippen molar-refractivity contribution in [1.29, 1.82) is 0 Å². The highest BCUT2D eigenvalue weighted by Crippen LogP contribution is 2.32. The maximum Gasteiger partial charge on any atom is 0.0795 e. The Balaban J connectivity index is 1.81. The molecule has 13 heavy (non-hydrogen) atoms. The van der Waals surface area contributed by atoms with Gasteiger partial charge in [-0.3, -0.25) is 4.90 Å². The van der Waals surface area contributed by atoms with Crippen LogP contribution in [0, 0.1) is 0 Å². The summed E-state index contributed by atoms with van der Waals surface area (Å²) in [6, 6.07) is 0. The summed E-state index contributed by atoms with van der Waals surface area (Å²) in [5.74, 6) is 0. The van der Waals surface area contributed by atoms with Crippen LogP contribution >= 0.6 is 11.3 Å².